The molecule has 1 rings (SSSR count). The van der Waals surface area contributed by atoms with Gasteiger partial charge in [-0.15, -0.1) is 0 Å². The van der Waals surface area contributed by atoms with Crippen molar-refractivity contribution in [2.45, 2.75) is 41.5 Å². The highest BCUT2D eigenvalue weighted by Crippen LogP contribution is 2.37. The van der Waals surface area contributed by atoms with Crippen molar-refractivity contribution in [3.63, 3.8) is 0 Å². The summed E-state index contributed by atoms with van der Waals surface area (Å²) in [6.45, 7) is 13.2. The van der Waals surface area contributed by atoms with E-state index < -0.39 is 0 Å². The van der Waals surface area contributed by atoms with E-state index in [1.165, 1.54) is 33.4 Å². The highest BCUT2D eigenvalue weighted by Gasteiger charge is 2.18. The fraction of sp³-hybridized carbons (Fsp3) is 0.500. The largest absolute Gasteiger partial charge is 0.0686 e. The molecule has 0 unspecified atom stereocenters. The Balaban J connectivity index is 3.37. The third kappa shape index (κ3) is 1.16. The molecule has 0 spiro atoms. The smallest absolute Gasteiger partial charge is 0.0206 e. The van der Waals surface area contributed by atoms with Crippen molar-refractivity contribution in [3.8, 4) is 0 Å². The van der Waals surface area contributed by atoms with Gasteiger partial charge in [0.2, 0.25) is 0 Å². The molecule has 0 saturated carbocycles. The second kappa shape index (κ2) is 2.93. The van der Waals surface area contributed by atoms with Crippen molar-refractivity contribution in [2.75, 3.05) is 0 Å². The molecular weight excluding hydrogens is 144 g/mol. The van der Waals surface area contributed by atoms with Gasteiger partial charge in [-0.25, -0.2) is 0 Å². The molecule has 66 valence electrons. The van der Waals surface area contributed by atoms with Gasteiger partial charge in [-0.2, -0.15) is 0 Å². The summed E-state index contributed by atoms with van der Waals surface area (Å²) in [7, 11) is 0. The second-order valence-electron chi connectivity index (χ2n) is 3.88. The minimum absolute atomic E-state index is 1.43. The van der Waals surface area contributed by atoms with Crippen molar-refractivity contribution < 1.29 is 0 Å². The van der Waals surface area contributed by atoms with E-state index >= 15 is 0 Å². The summed E-state index contributed by atoms with van der Waals surface area (Å²) < 4.78 is 0. The molecular formula is C12H18. The van der Waals surface area contributed by atoms with E-state index in [4.69, 9.17) is 0 Å². The van der Waals surface area contributed by atoms with Gasteiger partial charge in [0.05, 0.1) is 0 Å². The predicted octanol–water partition coefficient (Wildman–Crippen LogP) is 4.01. The summed E-state index contributed by atoms with van der Waals surface area (Å²) in [6, 6.07) is 0. The Labute approximate surface area is 75.7 Å². The molecule has 0 saturated heterocycles. The Morgan fingerprint density at radius 1 is 0.667 bits per heavy atom. The monoisotopic (exact) mass is 162 g/mol. The summed E-state index contributed by atoms with van der Waals surface area (Å²) in [6.07, 6.45) is 0. The van der Waals surface area contributed by atoms with Crippen LogP contribution >= 0.6 is 0 Å². The molecule has 0 nitrogen and oxygen atoms in total. The Kier molecular flexibility index (Phi) is 2.27. The lowest BCUT2D eigenvalue weighted by molar-refractivity contribution is 1.24. The number of hydrogen-bond donors (Lipinski definition) is 0. The summed E-state index contributed by atoms with van der Waals surface area (Å²) in [4.78, 5) is 0. The van der Waals surface area contributed by atoms with Gasteiger partial charge in [-0.3, -0.25) is 0 Å². The molecule has 0 aromatic heterocycles. The van der Waals surface area contributed by atoms with Crippen LogP contribution in [0.1, 0.15) is 41.5 Å². The minimum Gasteiger partial charge on any atom is -0.0686 e. The minimum atomic E-state index is 1.43. The molecule has 1 aliphatic rings. The van der Waals surface area contributed by atoms with Crippen LogP contribution in [0.4, 0.5) is 0 Å². The summed E-state index contributed by atoms with van der Waals surface area (Å²) in [5.41, 5.74) is 8.76. The van der Waals surface area contributed by atoms with E-state index in [2.05, 4.69) is 41.5 Å². The molecule has 0 N–H and O–H groups in total. The summed E-state index contributed by atoms with van der Waals surface area (Å²) >= 11 is 0. The average molecular weight is 162 g/mol. The lowest BCUT2D eigenvalue weighted by atomic mass is 10.0. The Bertz CT molecular complexity index is 279. The van der Waals surface area contributed by atoms with Gasteiger partial charge in [0, 0.05) is 0 Å². The number of rotatable bonds is 0. The van der Waals surface area contributed by atoms with Crippen LogP contribution in [-0.4, -0.2) is 0 Å². The standard InChI is InChI=1S/C12H18/c1-7(2)12-10(5)8(3)9(4)11(12)6/h1-6H3. The molecule has 0 fully saturated rings. The van der Waals surface area contributed by atoms with Crippen LogP contribution < -0.4 is 0 Å². The first-order valence-corrected chi connectivity index (χ1v) is 4.50. The van der Waals surface area contributed by atoms with Gasteiger partial charge >= 0.3 is 0 Å². The van der Waals surface area contributed by atoms with Crippen molar-refractivity contribution in [2.24, 2.45) is 0 Å². The van der Waals surface area contributed by atoms with E-state index in [1.54, 1.807) is 0 Å². The lowest BCUT2D eigenvalue weighted by Crippen LogP contribution is -1.86. The van der Waals surface area contributed by atoms with Crippen molar-refractivity contribution in [3.05, 3.63) is 33.4 Å². The second-order valence-corrected chi connectivity index (χ2v) is 3.88. The molecule has 0 heteroatoms. The highest BCUT2D eigenvalue weighted by molar-refractivity contribution is 5.62. The molecule has 0 aliphatic heterocycles. The molecule has 0 aromatic rings. The molecule has 0 atom stereocenters. The Hall–Kier alpha value is -0.780. The van der Waals surface area contributed by atoms with Crippen LogP contribution in [0.15, 0.2) is 33.4 Å². The molecule has 0 amide bonds. The number of allylic oxidation sites excluding steroid dienone is 6. The predicted molar refractivity (Wildman–Crippen MR) is 55.1 cm³/mol. The van der Waals surface area contributed by atoms with E-state index in [-0.39, 0.29) is 0 Å². The third-order valence-electron chi connectivity index (χ3n) is 2.94. The van der Waals surface area contributed by atoms with Crippen LogP contribution in [0, 0.1) is 0 Å². The van der Waals surface area contributed by atoms with E-state index in [9.17, 15) is 0 Å². The molecule has 0 aromatic carbocycles. The normalized spacial score (nSPS) is 18.0. The van der Waals surface area contributed by atoms with Crippen LogP contribution in [0.25, 0.3) is 0 Å². The van der Waals surface area contributed by atoms with Crippen molar-refractivity contribution in [1.29, 1.82) is 0 Å². The molecule has 0 bridgehead atoms. The SMILES string of the molecule is CC(C)=C1C(C)=C(C)C(C)=C1C. The molecule has 0 heterocycles. The average Bonchev–Trinajstić information content (AvgIpc) is 2.16. The maximum Gasteiger partial charge on any atom is -0.0206 e. The topological polar surface area (TPSA) is 0 Å². The van der Waals surface area contributed by atoms with E-state index in [1.807, 2.05) is 0 Å². The zero-order chi connectivity index (χ0) is 9.46. The Morgan fingerprint density at radius 2 is 1.00 bits per heavy atom. The maximum absolute atomic E-state index is 2.22. The van der Waals surface area contributed by atoms with Gasteiger partial charge in [-0.05, 0) is 69.4 Å². The third-order valence-corrected chi connectivity index (χ3v) is 2.94. The summed E-state index contributed by atoms with van der Waals surface area (Å²) in [5.74, 6) is 0. The van der Waals surface area contributed by atoms with E-state index in [0.717, 1.165) is 0 Å². The first kappa shape index (κ1) is 9.31. The number of hydrogen-bond acceptors (Lipinski definition) is 0. The van der Waals surface area contributed by atoms with Crippen LogP contribution in [-0.2, 0) is 0 Å². The quantitative estimate of drug-likeness (QED) is 0.505. The fourth-order valence-corrected chi connectivity index (χ4v) is 1.97. The van der Waals surface area contributed by atoms with Gasteiger partial charge in [0.25, 0.3) is 0 Å². The maximum atomic E-state index is 2.22. The summed E-state index contributed by atoms with van der Waals surface area (Å²) in [5, 5.41) is 0. The van der Waals surface area contributed by atoms with Gasteiger partial charge in [-0.1, -0.05) is 5.57 Å². The van der Waals surface area contributed by atoms with Crippen LogP contribution in [0.2, 0.25) is 0 Å². The van der Waals surface area contributed by atoms with Gasteiger partial charge in [0.15, 0.2) is 0 Å². The van der Waals surface area contributed by atoms with Gasteiger partial charge < -0.3 is 0 Å². The Morgan fingerprint density at radius 3 is 1.17 bits per heavy atom. The molecule has 12 heavy (non-hydrogen) atoms. The first-order valence-electron chi connectivity index (χ1n) is 4.50. The van der Waals surface area contributed by atoms with Crippen molar-refractivity contribution >= 4 is 0 Å². The zero-order valence-corrected chi connectivity index (χ0v) is 9.00. The van der Waals surface area contributed by atoms with Gasteiger partial charge in [0.1, 0.15) is 0 Å². The van der Waals surface area contributed by atoms with Crippen LogP contribution in [0.5, 0.6) is 0 Å². The van der Waals surface area contributed by atoms with E-state index in [0.29, 0.717) is 0 Å². The van der Waals surface area contributed by atoms with Crippen LogP contribution in [0.3, 0.4) is 0 Å². The fourth-order valence-electron chi connectivity index (χ4n) is 1.97. The first-order chi connectivity index (χ1) is 5.46. The van der Waals surface area contributed by atoms with Crippen molar-refractivity contribution in [1.82, 2.24) is 0 Å². The highest BCUT2D eigenvalue weighted by atomic mass is 14.2. The zero-order valence-electron chi connectivity index (χ0n) is 9.00. The molecule has 0 radical (unpaired) electrons. The molecule has 1 aliphatic carbocycles. The lowest BCUT2D eigenvalue weighted by Gasteiger charge is -2.05.